The first-order valence-corrected chi connectivity index (χ1v) is 5.74. The number of halogens is 5. The number of rotatable bonds is 3. The molecule has 0 bridgehead atoms. The van der Waals surface area contributed by atoms with E-state index in [9.17, 15) is 22.0 Å². The van der Waals surface area contributed by atoms with E-state index in [1.165, 1.54) is 17.6 Å². The fourth-order valence-electron chi connectivity index (χ4n) is 1.23. The van der Waals surface area contributed by atoms with E-state index in [-0.39, 0.29) is 0 Å². The van der Waals surface area contributed by atoms with Gasteiger partial charge in [0, 0.05) is 4.88 Å². The number of nitrogens with zero attached hydrogens (tertiary/aromatic N) is 1. The number of hydrogen-bond donors (Lipinski definition) is 1. The largest absolute Gasteiger partial charge is 0.272 e. The minimum absolute atomic E-state index is 0.649. The molecule has 0 saturated heterocycles. The summed E-state index contributed by atoms with van der Waals surface area (Å²) in [6, 6.07) is 3.37. The van der Waals surface area contributed by atoms with Gasteiger partial charge in [-0.05, 0) is 11.4 Å². The van der Waals surface area contributed by atoms with E-state index >= 15 is 0 Å². The topological polar surface area (TPSA) is 24.4 Å². The van der Waals surface area contributed by atoms with Crippen LogP contribution in [0.3, 0.4) is 0 Å². The monoisotopic (exact) mass is 292 g/mol. The Hall–Kier alpha value is -1.96. The average molecular weight is 292 g/mol. The van der Waals surface area contributed by atoms with Crippen LogP contribution in [-0.2, 0) is 0 Å². The molecule has 2 nitrogen and oxygen atoms in total. The van der Waals surface area contributed by atoms with Crippen LogP contribution in [0.25, 0.3) is 0 Å². The van der Waals surface area contributed by atoms with Gasteiger partial charge in [0.15, 0.2) is 23.3 Å². The highest BCUT2D eigenvalue weighted by molar-refractivity contribution is 7.11. The van der Waals surface area contributed by atoms with E-state index in [1.54, 1.807) is 17.5 Å². The van der Waals surface area contributed by atoms with Gasteiger partial charge in [-0.3, -0.25) is 5.43 Å². The van der Waals surface area contributed by atoms with Crippen molar-refractivity contribution in [1.82, 2.24) is 0 Å². The predicted molar refractivity (Wildman–Crippen MR) is 61.8 cm³/mol. The first-order valence-electron chi connectivity index (χ1n) is 4.86. The molecule has 0 aliphatic carbocycles. The molecule has 1 aromatic heterocycles. The van der Waals surface area contributed by atoms with Crippen molar-refractivity contribution >= 4 is 23.2 Å². The summed E-state index contributed by atoms with van der Waals surface area (Å²) in [6.45, 7) is 0. The van der Waals surface area contributed by atoms with Crippen molar-refractivity contribution in [3.05, 3.63) is 51.5 Å². The van der Waals surface area contributed by atoms with Gasteiger partial charge >= 0.3 is 0 Å². The lowest BCUT2D eigenvalue weighted by Gasteiger charge is -2.06. The van der Waals surface area contributed by atoms with E-state index in [1.807, 2.05) is 5.43 Å². The third-order valence-corrected chi connectivity index (χ3v) is 2.93. The summed E-state index contributed by atoms with van der Waals surface area (Å²) in [5, 5.41) is 5.15. The maximum absolute atomic E-state index is 13.2. The Morgan fingerprint density at radius 1 is 0.947 bits per heavy atom. The van der Waals surface area contributed by atoms with Crippen LogP contribution >= 0.6 is 11.3 Å². The van der Waals surface area contributed by atoms with Crippen LogP contribution in [0.15, 0.2) is 22.6 Å². The van der Waals surface area contributed by atoms with Gasteiger partial charge in [-0.2, -0.15) is 5.10 Å². The Balaban J connectivity index is 2.30. The minimum Gasteiger partial charge on any atom is -0.272 e. The molecule has 2 aromatic rings. The fraction of sp³-hybridized carbons (Fsp3) is 0. The quantitative estimate of drug-likeness (QED) is 0.300. The Bertz CT molecular complexity index is 596. The molecule has 100 valence electrons. The molecule has 1 N–H and O–H groups in total. The molecule has 8 heteroatoms. The number of anilines is 1. The number of benzene rings is 1. The molecule has 0 aliphatic heterocycles. The second-order valence-corrected chi connectivity index (χ2v) is 4.31. The molecule has 0 aliphatic rings. The summed E-state index contributed by atoms with van der Waals surface area (Å²) in [5.41, 5.74) is 0.617. The van der Waals surface area contributed by atoms with Crippen molar-refractivity contribution in [2.45, 2.75) is 0 Å². The van der Waals surface area contributed by atoms with Gasteiger partial charge in [-0.25, -0.2) is 22.0 Å². The zero-order chi connectivity index (χ0) is 14.0. The van der Waals surface area contributed by atoms with Crippen LogP contribution in [0.2, 0.25) is 0 Å². The number of nitrogens with one attached hydrogen (secondary N) is 1. The Labute approximate surface area is 108 Å². The van der Waals surface area contributed by atoms with Crippen molar-refractivity contribution in [2.75, 3.05) is 5.43 Å². The van der Waals surface area contributed by atoms with E-state index in [2.05, 4.69) is 5.10 Å². The van der Waals surface area contributed by atoms with Crippen LogP contribution in [0, 0.1) is 29.1 Å². The highest BCUT2D eigenvalue weighted by Gasteiger charge is 2.25. The highest BCUT2D eigenvalue weighted by atomic mass is 32.1. The maximum Gasteiger partial charge on any atom is 0.200 e. The summed E-state index contributed by atoms with van der Waals surface area (Å²) in [6.07, 6.45) is 1.20. The Morgan fingerprint density at radius 2 is 1.53 bits per heavy atom. The lowest BCUT2D eigenvalue weighted by Crippen LogP contribution is -2.06. The first-order chi connectivity index (χ1) is 9.02. The van der Waals surface area contributed by atoms with Gasteiger partial charge in [0.2, 0.25) is 5.82 Å². The lowest BCUT2D eigenvalue weighted by atomic mass is 10.2. The molecule has 1 aromatic carbocycles. The van der Waals surface area contributed by atoms with Gasteiger partial charge < -0.3 is 0 Å². The molecule has 19 heavy (non-hydrogen) atoms. The molecular formula is C11H5F5N2S. The van der Waals surface area contributed by atoms with E-state index in [4.69, 9.17) is 0 Å². The Kier molecular flexibility index (Phi) is 3.79. The van der Waals surface area contributed by atoms with Crippen molar-refractivity contribution < 1.29 is 22.0 Å². The molecule has 0 unspecified atom stereocenters. The molecule has 0 amide bonds. The molecule has 0 atom stereocenters. The normalized spacial score (nSPS) is 11.2. The number of hydrazone groups is 1. The van der Waals surface area contributed by atoms with E-state index in [0.29, 0.717) is 4.88 Å². The molecule has 0 fully saturated rings. The molecule has 2 rings (SSSR count). The number of thiophene rings is 1. The number of hydrogen-bond acceptors (Lipinski definition) is 3. The van der Waals surface area contributed by atoms with Gasteiger partial charge in [0.1, 0.15) is 5.69 Å². The maximum atomic E-state index is 13.2. The van der Waals surface area contributed by atoms with E-state index < -0.39 is 34.8 Å². The Morgan fingerprint density at radius 3 is 2.05 bits per heavy atom. The lowest BCUT2D eigenvalue weighted by molar-refractivity contribution is 0.381. The van der Waals surface area contributed by atoms with Crippen LogP contribution in [0.1, 0.15) is 4.88 Å². The van der Waals surface area contributed by atoms with Crippen molar-refractivity contribution in [1.29, 1.82) is 0 Å². The molecule has 0 saturated carbocycles. The summed E-state index contributed by atoms with van der Waals surface area (Å²) >= 11 is 1.29. The summed E-state index contributed by atoms with van der Waals surface area (Å²) in [5.74, 6) is -10.2. The SMILES string of the molecule is Fc1c(F)c(F)c(N/N=C\c2cccs2)c(F)c1F. The zero-order valence-corrected chi connectivity index (χ0v) is 9.87. The van der Waals surface area contributed by atoms with Crippen LogP contribution in [0.4, 0.5) is 27.6 Å². The smallest absolute Gasteiger partial charge is 0.200 e. The molecule has 0 radical (unpaired) electrons. The van der Waals surface area contributed by atoms with Gasteiger partial charge in [-0.1, -0.05) is 6.07 Å². The van der Waals surface area contributed by atoms with Crippen LogP contribution in [-0.4, -0.2) is 6.21 Å². The molecular weight excluding hydrogens is 287 g/mol. The summed E-state index contributed by atoms with van der Waals surface area (Å²) < 4.78 is 64.9. The molecule has 0 spiro atoms. The van der Waals surface area contributed by atoms with Crippen molar-refractivity contribution in [3.63, 3.8) is 0 Å². The summed E-state index contributed by atoms with van der Waals surface area (Å²) in [4.78, 5) is 0.649. The predicted octanol–water partition coefficient (Wildman–Crippen LogP) is 3.89. The van der Waals surface area contributed by atoms with Crippen LogP contribution < -0.4 is 5.43 Å². The van der Waals surface area contributed by atoms with Gasteiger partial charge in [0.25, 0.3) is 0 Å². The fourth-order valence-corrected chi connectivity index (χ4v) is 1.81. The molecule has 1 heterocycles. The summed E-state index contributed by atoms with van der Waals surface area (Å²) in [7, 11) is 0. The van der Waals surface area contributed by atoms with Crippen molar-refractivity contribution in [3.8, 4) is 0 Å². The second-order valence-electron chi connectivity index (χ2n) is 3.33. The highest BCUT2D eigenvalue weighted by Crippen LogP contribution is 2.26. The zero-order valence-electron chi connectivity index (χ0n) is 9.05. The van der Waals surface area contributed by atoms with Crippen molar-refractivity contribution in [2.24, 2.45) is 5.10 Å². The third kappa shape index (κ3) is 2.58. The second kappa shape index (κ2) is 5.35. The van der Waals surface area contributed by atoms with Gasteiger partial charge in [-0.15, -0.1) is 11.3 Å². The van der Waals surface area contributed by atoms with E-state index in [0.717, 1.165) is 0 Å². The average Bonchev–Trinajstić information content (AvgIpc) is 2.91. The van der Waals surface area contributed by atoms with Crippen LogP contribution in [0.5, 0.6) is 0 Å². The van der Waals surface area contributed by atoms with Gasteiger partial charge in [0.05, 0.1) is 6.21 Å². The first kappa shape index (κ1) is 13.5. The third-order valence-electron chi connectivity index (χ3n) is 2.12. The standard InChI is InChI=1S/C11H5F5N2S/c12-6-7(13)9(15)11(10(16)8(6)14)18-17-4-5-2-1-3-19-5/h1-4,18H/b17-4-. The minimum atomic E-state index is -2.21.